The number of phosphoric ester groups is 1. The SMILES string of the molecule is COc1ccc(/C=C/[N+](=O)[O-])cc1OP(=O)(OCc1ccccc1)OCc1ccccc1. The number of methoxy groups -OCH3 is 1. The molecule has 0 aromatic heterocycles. The number of hydrogen-bond donors (Lipinski definition) is 0. The number of nitro groups is 1. The van der Waals surface area contributed by atoms with Gasteiger partial charge in [-0.15, -0.1) is 0 Å². The van der Waals surface area contributed by atoms with E-state index in [1.165, 1.54) is 19.3 Å². The van der Waals surface area contributed by atoms with Gasteiger partial charge in [-0.05, 0) is 28.8 Å². The Morgan fingerprint density at radius 3 is 1.94 bits per heavy atom. The Morgan fingerprint density at radius 1 is 0.875 bits per heavy atom. The highest BCUT2D eigenvalue weighted by Gasteiger charge is 2.30. The lowest BCUT2D eigenvalue weighted by molar-refractivity contribution is -0.400. The third-order valence-electron chi connectivity index (χ3n) is 4.25. The predicted molar refractivity (Wildman–Crippen MR) is 120 cm³/mol. The Balaban J connectivity index is 1.85. The molecule has 3 aromatic rings. The molecule has 0 aliphatic carbocycles. The van der Waals surface area contributed by atoms with Crippen LogP contribution in [0.25, 0.3) is 6.08 Å². The van der Waals surface area contributed by atoms with Gasteiger partial charge in [0.05, 0.1) is 25.2 Å². The fourth-order valence-electron chi connectivity index (χ4n) is 2.68. The summed E-state index contributed by atoms with van der Waals surface area (Å²) in [5.41, 5.74) is 2.03. The van der Waals surface area contributed by atoms with Gasteiger partial charge in [0.2, 0.25) is 6.20 Å². The lowest BCUT2D eigenvalue weighted by Gasteiger charge is -2.20. The van der Waals surface area contributed by atoms with E-state index in [-0.39, 0.29) is 24.7 Å². The van der Waals surface area contributed by atoms with Crippen molar-refractivity contribution in [3.05, 3.63) is 112 Å². The summed E-state index contributed by atoms with van der Waals surface area (Å²) in [6, 6.07) is 23.0. The van der Waals surface area contributed by atoms with Gasteiger partial charge in [-0.1, -0.05) is 66.7 Å². The van der Waals surface area contributed by atoms with Gasteiger partial charge in [-0.3, -0.25) is 19.2 Å². The number of rotatable bonds is 11. The fourth-order valence-corrected chi connectivity index (χ4v) is 3.86. The zero-order valence-corrected chi connectivity index (χ0v) is 18.2. The number of benzene rings is 3. The average molecular weight is 455 g/mol. The minimum atomic E-state index is -4.11. The molecule has 0 bridgehead atoms. The van der Waals surface area contributed by atoms with Crippen molar-refractivity contribution in [1.82, 2.24) is 0 Å². The minimum Gasteiger partial charge on any atom is -0.493 e. The highest BCUT2D eigenvalue weighted by Crippen LogP contribution is 2.53. The lowest BCUT2D eigenvalue weighted by Crippen LogP contribution is -2.04. The molecule has 0 fully saturated rings. The molecular formula is C23H22NO7P. The van der Waals surface area contributed by atoms with E-state index in [1.807, 2.05) is 60.7 Å². The van der Waals surface area contributed by atoms with Crippen molar-refractivity contribution in [2.24, 2.45) is 0 Å². The van der Waals surface area contributed by atoms with Crippen molar-refractivity contribution in [3.8, 4) is 11.5 Å². The summed E-state index contributed by atoms with van der Waals surface area (Å²) in [4.78, 5) is 10.0. The molecule has 9 heteroatoms. The molecule has 0 saturated carbocycles. The van der Waals surface area contributed by atoms with Gasteiger partial charge in [0.25, 0.3) is 0 Å². The molecule has 3 rings (SSSR count). The van der Waals surface area contributed by atoms with Gasteiger partial charge < -0.3 is 9.26 Å². The zero-order valence-electron chi connectivity index (χ0n) is 17.3. The standard InChI is InChI=1S/C23H22NO7P/c1-28-22-13-12-19(14-15-24(25)26)16-23(22)31-32(27,29-17-20-8-4-2-5-9-20)30-18-21-10-6-3-7-11-21/h2-16H,17-18H2,1H3/b15-14+. The zero-order chi connectivity index (χ0) is 22.8. The molecule has 0 radical (unpaired) electrons. The van der Waals surface area contributed by atoms with Gasteiger partial charge in [-0.2, -0.15) is 0 Å². The van der Waals surface area contributed by atoms with E-state index in [1.54, 1.807) is 12.1 Å². The van der Waals surface area contributed by atoms with Gasteiger partial charge in [0.15, 0.2) is 11.5 Å². The van der Waals surface area contributed by atoms with Crippen LogP contribution >= 0.6 is 7.82 Å². The van der Waals surface area contributed by atoms with Crippen molar-refractivity contribution in [2.75, 3.05) is 7.11 Å². The molecule has 32 heavy (non-hydrogen) atoms. The van der Waals surface area contributed by atoms with E-state index in [4.69, 9.17) is 18.3 Å². The molecule has 0 N–H and O–H groups in total. The van der Waals surface area contributed by atoms with E-state index in [0.29, 0.717) is 5.56 Å². The molecule has 0 unspecified atom stereocenters. The lowest BCUT2D eigenvalue weighted by atomic mass is 10.2. The molecular weight excluding hydrogens is 433 g/mol. The second-order valence-corrected chi connectivity index (χ2v) is 8.16. The van der Waals surface area contributed by atoms with Crippen molar-refractivity contribution >= 4 is 13.9 Å². The summed E-state index contributed by atoms with van der Waals surface area (Å²) in [6.07, 6.45) is 2.08. The minimum absolute atomic E-state index is 0.00383. The maximum absolute atomic E-state index is 13.5. The maximum atomic E-state index is 13.5. The molecule has 166 valence electrons. The Morgan fingerprint density at radius 2 is 1.44 bits per heavy atom. The summed E-state index contributed by atoms with van der Waals surface area (Å²) < 4.78 is 35.7. The van der Waals surface area contributed by atoms with Crippen molar-refractivity contribution in [2.45, 2.75) is 13.2 Å². The smallest absolute Gasteiger partial charge is 0.493 e. The third kappa shape index (κ3) is 7.06. The summed E-state index contributed by atoms with van der Waals surface area (Å²) >= 11 is 0. The van der Waals surface area contributed by atoms with Crippen LogP contribution in [-0.4, -0.2) is 12.0 Å². The number of ether oxygens (including phenoxy) is 1. The second kappa shape index (κ2) is 11.2. The van der Waals surface area contributed by atoms with Gasteiger partial charge in [-0.25, -0.2) is 4.57 Å². The Hall–Kier alpha value is -3.45. The van der Waals surface area contributed by atoms with Crippen LogP contribution in [0.5, 0.6) is 11.5 Å². The van der Waals surface area contributed by atoms with Crippen molar-refractivity contribution in [3.63, 3.8) is 0 Å². The van der Waals surface area contributed by atoms with Crippen molar-refractivity contribution in [1.29, 1.82) is 0 Å². The molecule has 3 aromatic carbocycles. The van der Waals surface area contributed by atoms with Crippen LogP contribution in [0.2, 0.25) is 0 Å². The average Bonchev–Trinajstić information content (AvgIpc) is 2.82. The second-order valence-electron chi connectivity index (χ2n) is 6.57. The number of nitrogens with zero attached hydrogens (tertiary/aromatic N) is 1. The quantitative estimate of drug-likeness (QED) is 0.203. The molecule has 0 heterocycles. The number of hydrogen-bond acceptors (Lipinski definition) is 7. The molecule has 0 aliphatic heterocycles. The molecule has 0 spiro atoms. The van der Waals surface area contributed by atoms with E-state index in [0.717, 1.165) is 17.3 Å². The Labute approximate surface area is 185 Å². The highest BCUT2D eigenvalue weighted by molar-refractivity contribution is 7.48. The first-order valence-corrected chi connectivity index (χ1v) is 11.1. The first-order chi connectivity index (χ1) is 15.5. The monoisotopic (exact) mass is 455 g/mol. The molecule has 8 nitrogen and oxygen atoms in total. The predicted octanol–water partition coefficient (Wildman–Crippen LogP) is 5.86. The van der Waals surface area contributed by atoms with Crippen LogP contribution in [0.15, 0.2) is 85.1 Å². The van der Waals surface area contributed by atoms with E-state index >= 15 is 0 Å². The van der Waals surface area contributed by atoms with E-state index in [9.17, 15) is 14.7 Å². The van der Waals surface area contributed by atoms with Crippen LogP contribution in [-0.2, 0) is 26.8 Å². The first-order valence-electron chi connectivity index (χ1n) is 9.64. The first kappa shape index (κ1) is 23.2. The normalized spacial score (nSPS) is 11.4. The topological polar surface area (TPSA) is 97.1 Å². The van der Waals surface area contributed by atoms with Gasteiger partial charge >= 0.3 is 7.82 Å². The Bertz CT molecular complexity index is 1060. The summed E-state index contributed by atoms with van der Waals surface area (Å²) in [5.74, 6) is 0.345. The molecule has 0 amide bonds. The van der Waals surface area contributed by atoms with Crippen LogP contribution in [0.1, 0.15) is 16.7 Å². The van der Waals surface area contributed by atoms with Crippen LogP contribution in [0, 0.1) is 10.1 Å². The van der Waals surface area contributed by atoms with Crippen LogP contribution in [0.3, 0.4) is 0 Å². The maximum Gasteiger partial charge on any atom is 0.530 e. The highest BCUT2D eigenvalue weighted by atomic mass is 31.2. The molecule has 0 atom stereocenters. The van der Waals surface area contributed by atoms with Crippen LogP contribution < -0.4 is 9.26 Å². The van der Waals surface area contributed by atoms with Gasteiger partial charge in [0.1, 0.15) is 0 Å². The van der Waals surface area contributed by atoms with Gasteiger partial charge in [0, 0.05) is 6.08 Å². The van der Waals surface area contributed by atoms with Crippen molar-refractivity contribution < 1.29 is 27.8 Å². The van der Waals surface area contributed by atoms with E-state index < -0.39 is 12.7 Å². The number of phosphoric acid groups is 1. The summed E-state index contributed by atoms with van der Waals surface area (Å²) in [5, 5.41) is 10.6. The summed E-state index contributed by atoms with van der Waals surface area (Å²) in [7, 11) is -2.68. The fraction of sp³-hybridized carbons (Fsp3) is 0.130. The molecule has 0 aliphatic rings. The third-order valence-corrected chi connectivity index (χ3v) is 5.56. The Kier molecular flexibility index (Phi) is 8.16. The van der Waals surface area contributed by atoms with Crippen LogP contribution in [0.4, 0.5) is 0 Å². The summed E-state index contributed by atoms with van der Waals surface area (Å²) in [6.45, 7) is -0.00766. The molecule has 0 saturated heterocycles. The van der Waals surface area contributed by atoms with E-state index in [2.05, 4.69) is 0 Å². The largest absolute Gasteiger partial charge is 0.530 e.